The summed E-state index contributed by atoms with van der Waals surface area (Å²) in [5.74, 6) is -0.183. The molecule has 2 rings (SSSR count). The molecular weight excluding hydrogens is 298 g/mol. The van der Waals surface area contributed by atoms with Crippen LogP contribution < -0.4 is 10.6 Å². The number of nitrogens with one attached hydrogen (secondary N) is 2. The highest BCUT2D eigenvalue weighted by atomic mass is 35.5. The van der Waals surface area contributed by atoms with Crippen molar-refractivity contribution in [3.63, 3.8) is 0 Å². The maximum absolute atomic E-state index is 12.0. The minimum Gasteiger partial charge on any atom is -0.354 e. The number of nitrogens with zero attached hydrogens (tertiary/aromatic N) is 1. The lowest BCUT2D eigenvalue weighted by atomic mass is 10.1. The lowest BCUT2D eigenvalue weighted by Gasteiger charge is -2.20. The Morgan fingerprint density at radius 3 is 2.36 bits per heavy atom. The summed E-state index contributed by atoms with van der Waals surface area (Å²) in [5, 5.41) is 6.79. The van der Waals surface area contributed by atoms with E-state index >= 15 is 0 Å². The zero-order valence-electron chi connectivity index (χ0n) is 13.2. The highest BCUT2D eigenvalue weighted by Gasteiger charge is 2.16. The summed E-state index contributed by atoms with van der Waals surface area (Å²) in [7, 11) is 0. The van der Waals surface area contributed by atoms with Gasteiger partial charge in [-0.2, -0.15) is 0 Å². The average Bonchev–Trinajstić information content (AvgIpc) is 2.42. The Morgan fingerprint density at radius 1 is 1.14 bits per heavy atom. The van der Waals surface area contributed by atoms with Crippen molar-refractivity contribution >= 4 is 28.9 Å². The van der Waals surface area contributed by atoms with E-state index in [0.29, 0.717) is 10.7 Å². The number of amides is 1. The molecule has 0 radical (unpaired) electrons. The Hall–Kier alpha value is -2.07. The van der Waals surface area contributed by atoms with Crippen LogP contribution >= 0.6 is 11.6 Å². The molecule has 1 heterocycles. The number of hydrogen-bond acceptors (Lipinski definition) is 3. The Labute approximate surface area is 135 Å². The standard InChI is InChI=1S/C17H20ClN3O/c1-11-5-6-12(9-14(11)18)20-13-7-8-15(19-10-13)16(22)21-17(2,3)4/h5-10,20H,1-4H3,(H,21,22). The topological polar surface area (TPSA) is 54.0 Å². The van der Waals surface area contributed by atoms with E-state index < -0.39 is 0 Å². The number of carbonyl (C=O) groups is 1. The molecule has 1 aromatic carbocycles. The largest absolute Gasteiger partial charge is 0.354 e. The summed E-state index contributed by atoms with van der Waals surface area (Å²) in [5.41, 5.74) is 2.81. The monoisotopic (exact) mass is 317 g/mol. The summed E-state index contributed by atoms with van der Waals surface area (Å²) in [6.07, 6.45) is 1.63. The number of pyridine rings is 1. The van der Waals surface area contributed by atoms with Crippen molar-refractivity contribution < 1.29 is 4.79 Å². The van der Waals surface area contributed by atoms with Gasteiger partial charge in [-0.1, -0.05) is 17.7 Å². The molecule has 22 heavy (non-hydrogen) atoms. The second-order valence-corrected chi connectivity index (χ2v) is 6.63. The van der Waals surface area contributed by atoms with Gasteiger partial charge in [0.05, 0.1) is 11.9 Å². The third-order valence-electron chi connectivity index (χ3n) is 2.95. The van der Waals surface area contributed by atoms with E-state index in [9.17, 15) is 4.79 Å². The highest BCUT2D eigenvalue weighted by Crippen LogP contribution is 2.22. The van der Waals surface area contributed by atoms with Crippen molar-refractivity contribution in [1.29, 1.82) is 0 Å². The molecule has 0 unspecified atom stereocenters. The number of benzene rings is 1. The fraction of sp³-hybridized carbons (Fsp3) is 0.294. The van der Waals surface area contributed by atoms with E-state index in [1.807, 2.05) is 52.0 Å². The number of aryl methyl sites for hydroxylation is 1. The quantitative estimate of drug-likeness (QED) is 0.886. The zero-order valence-corrected chi connectivity index (χ0v) is 14.0. The number of anilines is 2. The maximum atomic E-state index is 12.0. The molecule has 0 aliphatic rings. The van der Waals surface area contributed by atoms with E-state index in [4.69, 9.17) is 11.6 Å². The molecule has 0 atom stereocenters. The maximum Gasteiger partial charge on any atom is 0.270 e. The van der Waals surface area contributed by atoms with Crippen molar-refractivity contribution in [3.8, 4) is 0 Å². The normalized spacial score (nSPS) is 11.1. The van der Waals surface area contributed by atoms with Gasteiger partial charge in [0.1, 0.15) is 5.69 Å². The molecule has 0 aliphatic heterocycles. The number of carbonyl (C=O) groups excluding carboxylic acids is 1. The van der Waals surface area contributed by atoms with E-state index in [0.717, 1.165) is 16.9 Å². The van der Waals surface area contributed by atoms with Gasteiger partial charge in [-0.25, -0.2) is 4.98 Å². The average molecular weight is 318 g/mol. The van der Waals surface area contributed by atoms with Gasteiger partial charge in [0.15, 0.2) is 0 Å². The molecule has 1 aromatic heterocycles. The van der Waals surface area contributed by atoms with Crippen molar-refractivity contribution in [2.45, 2.75) is 33.2 Å². The Balaban J connectivity index is 2.08. The van der Waals surface area contributed by atoms with E-state index in [1.54, 1.807) is 12.3 Å². The van der Waals surface area contributed by atoms with Crippen LogP contribution in [0.1, 0.15) is 36.8 Å². The molecule has 0 spiro atoms. The van der Waals surface area contributed by atoms with Gasteiger partial charge in [0, 0.05) is 16.2 Å². The van der Waals surface area contributed by atoms with Crippen LogP contribution in [0.15, 0.2) is 36.5 Å². The van der Waals surface area contributed by atoms with Crippen molar-refractivity contribution in [2.75, 3.05) is 5.32 Å². The molecule has 0 bridgehead atoms. The van der Waals surface area contributed by atoms with Crippen LogP contribution in [0, 0.1) is 6.92 Å². The van der Waals surface area contributed by atoms with Gasteiger partial charge in [-0.15, -0.1) is 0 Å². The molecule has 0 saturated heterocycles. The number of hydrogen-bond donors (Lipinski definition) is 2. The molecule has 0 aliphatic carbocycles. The molecular formula is C17H20ClN3O. The fourth-order valence-electron chi connectivity index (χ4n) is 1.84. The second-order valence-electron chi connectivity index (χ2n) is 6.23. The van der Waals surface area contributed by atoms with Crippen LogP contribution in [0.2, 0.25) is 5.02 Å². The lowest BCUT2D eigenvalue weighted by Crippen LogP contribution is -2.40. The zero-order chi connectivity index (χ0) is 16.3. The van der Waals surface area contributed by atoms with E-state index in [-0.39, 0.29) is 11.4 Å². The molecule has 2 N–H and O–H groups in total. The smallest absolute Gasteiger partial charge is 0.270 e. The summed E-state index contributed by atoms with van der Waals surface area (Å²) < 4.78 is 0. The first-order valence-electron chi connectivity index (χ1n) is 7.06. The predicted octanol–water partition coefficient (Wildman–Crippen LogP) is 4.32. The van der Waals surface area contributed by atoms with Crippen molar-refractivity contribution in [1.82, 2.24) is 10.3 Å². The fourth-order valence-corrected chi connectivity index (χ4v) is 2.02. The molecule has 0 saturated carbocycles. The second kappa shape index (κ2) is 6.36. The van der Waals surface area contributed by atoms with Crippen LogP contribution in [0.4, 0.5) is 11.4 Å². The number of rotatable bonds is 3. The Bertz CT molecular complexity index is 675. The lowest BCUT2D eigenvalue weighted by molar-refractivity contribution is 0.0914. The van der Waals surface area contributed by atoms with Crippen LogP contribution in [-0.2, 0) is 0 Å². The van der Waals surface area contributed by atoms with E-state index in [1.165, 1.54) is 0 Å². The first kappa shape index (κ1) is 16.3. The first-order chi connectivity index (χ1) is 10.2. The van der Waals surface area contributed by atoms with Crippen LogP contribution in [0.25, 0.3) is 0 Å². The Morgan fingerprint density at radius 2 is 1.82 bits per heavy atom. The number of halogens is 1. The van der Waals surface area contributed by atoms with Crippen LogP contribution in [-0.4, -0.2) is 16.4 Å². The molecule has 0 fully saturated rings. The van der Waals surface area contributed by atoms with Gasteiger partial charge >= 0.3 is 0 Å². The molecule has 116 valence electrons. The third kappa shape index (κ3) is 4.46. The minimum atomic E-state index is -0.283. The molecule has 5 heteroatoms. The summed E-state index contributed by atoms with van der Waals surface area (Å²) in [6, 6.07) is 9.26. The first-order valence-corrected chi connectivity index (χ1v) is 7.44. The van der Waals surface area contributed by atoms with Gasteiger partial charge in [0.2, 0.25) is 0 Å². The highest BCUT2D eigenvalue weighted by molar-refractivity contribution is 6.31. The van der Waals surface area contributed by atoms with Crippen LogP contribution in [0.3, 0.4) is 0 Å². The van der Waals surface area contributed by atoms with E-state index in [2.05, 4.69) is 15.6 Å². The SMILES string of the molecule is Cc1ccc(Nc2ccc(C(=O)NC(C)(C)C)nc2)cc1Cl. The number of aromatic nitrogens is 1. The van der Waals surface area contributed by atoms with Crippen LogP contribution in [0.5, 0.6) is 0 Å². The molecule has 2 aromatic rings. The predicted molar refractivity (Wildman–Crippen MR) is 90.9 cm³/mol. The van der Waals surface area contributed by atoms with Crippen molar-refractivity contribution in [2.24, 2.45) is 0 Å². The molecule has 4 nitrogen and oxygen atoms in total. The summed E-state index contributed by atoms with van der Waals surface area (Å²) in [4.78, 5) is 16.2. The van der Waals surface area contributed by atoms with Gasteiger partial charge in [-0.3, -0.25) is 4.79 Å². The molecule has 1 amide bonds. The Kier molecular flexibility index (Phi) is 4.71. The van der Waals surface area contributed by atoms with Gasteiger partial charge in [0.25, 0.3) is 5.91 Å². The minimum absolute atomic E-state index is 0.183. The van der Waals surface area contributed by atoms with Crippen molar-refractivity contribution in [3.05, 3.63) is 52.8 Å². The third-order valence-corrected chi connectivity index (χ3v) is 3.35. The summed E-state index contributed by atoms with van der Waals surface area (Å²) in [6.45, 7) is 7.75. The summed E-state index contributed by atoms with van der Waals surface area (Å²) >= 11 is 6.10. The van der Waals surface area contributed by atoms with Gasteiger partial charge < -0.3 is 10.6 Å². The van der Waals surface area contributed by atoms with Gasteiger partial charge in [-0.05, 0) is 57.5 Å².